The van der Waals surface area contributed by atoms with E-state index in [0.717, 1.165) is 31.9 Å². The smallest absolute Gasteiger partial charge is 0.193 e. The standard InChI is InChI=1S/C14H26N4S/c1-5-7-10-18(4)14(15-3)16-9-8-12-11-19-13(6-2)17-12/h11H,5-10H2,1-4H3,(H,15,16). The molecule has 1 aromatic rings. The van der Waals surface area contributed by atoms with Gasteiger partial charge in [0.25, 0.3) is 0 Å². The molecule has 0 amide bonds. The molecule has 0 bridgehead atoms. The number of thiazole rings is 1. The largest absolute Gasteiger partial charge is 0.356 e. The van der Waals surface area contributed by atoms with Crippen LogP contribution in [0.4, 0.5) is 0 Å². The summed E-state index contributed by atoms with van der Waals surface area (Å²) >= 11 is 1.75. The molecule has 0 fully saturated rings. The highest BCUT2D eigenvalue weighted by molar-refractivity contribution is 7.09. The number of rotatable bonds is 7. The normalized spacial score (nSPS) is 11.7. The maximum atomic E-state index is 4.57. The Bertz CT molecular complexity index is 387. The van der Waals surface area contributed by atoms with E-state index in [0.29, 0.717) is 0 Å². The Morgan fingerprint density at radius 3 is 2.84 bits per heavy atom. The lowest BCUT2D eigenvalue weighted by Gasteiger charge is -2.21. The summed E-state index contributed by atoms with van der Waals surface area (Å²) in [5.74, 6) is 0.972. The first-order valence-electron chi connectivity index (χ1n) is 7.06. The third kappa shape index (κ3) is 5.59. The van der Waals surface area contributed by atoms with Crippen LogP contribution in [-0.4, -0.2) is 43.0 Å². The minimum Gasteiger partial charge on any atom is -0.356 e. The molecule has 0 atom stereocenters. The van der Waals surface area contributed by atoms with Crippen molar-refractivity contribution < 1.29 is 0 Å². The molecule has 0 spiro atoms. The molecule has 1 aromatic heterocycles. The van der Waals surface area contributed by atoms with E-state index in [-0.39, 0.29) is 0 Å². The van der Waals surface area contributed by atoms with Crippen LogP contribution in [0.5, 0.6) is 0 Å². The molecule has 0 aliphatic rings. The van der Waals surface area contributed by atoms with Crippen molar-refractivity contribution in [3.8, 4) is 0 Å². The molecule has 0 saturated heterocycles. The SMILES string of the molecule is CCCCN(C)C(=NC)NCCc1csc(CC)n1. The van der Waals surface area contributed by atoms with Gasteiger partial charge in [0.2, 0.25) is 0 Å². The summed E-state index contributed by atoms with van der Waals surface area (Å²) in [4.78, 5) is 11.1. The topological polar surface area (TPSA) is 40.5 Å². The molecule has 0 aliphatic heterocycles. The van der Waals surface area contributed by atoms with E-state index < -0.39 is 0 Å². The van der Waals surface area contributed by atoms with E-state index >= 15 is 0 Å². The highest BCUT2D eigenvalue weighted by atomic mass is 32.1. The van der Waals surface area contributed by atoms with Crippen molar-refractivity contribution in [2.75, 3.05) is 27.2 Å². The molecular weight excluding hydrogens is 256 g/mol. The molecule has 1 heterocycles. The van der Waals surface area contributed by atoms with Gasteiger partial charge in [-0.25, -0.2) is 4.98 Å². The summed E-state index contributed by atoms with van der Waals surface area (Å²) in [6.07, 6.45) is 4.39. The van der Waals surface area contributed by atoms with Gasteiger partial charge in [-0.05, 0) is 12.8 Å². The second-order valence-electron chi connectivity index (χ2n) is 4.59. The molecule has 4 nitrogen and oxygen atoms in total. The van der Waals surface area contributed by atoms with E-state index in [1.54, 1.807) is 11.3 Å². The Hall–Kier alpha value is -1.10. The lowest BCUT2D eigenvalue weighted by Crippen LogP contribution is -2.40. The molecule has 19 heavy (non-hydrogen) atoms. The molecule has 1 rings (SSSR count). The van der Waals surface area contributed by atoms with Gasteiger partial charge in [0.05, 0.1) is 10.7 Å². The molecule has 0 unspecified atom stereocenters. The number of nitrogens with one attached hydrogen (secondary N) is 1. The van der Waals surface area contributed by atoms with Crippen LogP contribution in [0.15, 0.2) is 10.4 Å². The first-order valence-corrected chi connectivity index (χ1v) is 7.94. The number of guanidine groups is 1. The second kappa shape index (κ2) is 8.91. The Morgan fingerprint density at radius 1 is 1.47 bits per heavy atom. The number of aromatic nitrogens is 1. The maximum Gasteiger partial charge on any atom is 0.193 e. The fraction of sp³-hybridized carbons (Fsp3) is 0.714. The van der Waals surface area contributed by atoms with Crippen molar-refractivity contribution >= 4 is 17.3 Å². The van der Waals surface area contributed by atoms with E-state index in [4.69, 9.17) is 0 Å². The molecule has 0 aliphatic carbocycles. The third-order valence-electron chi connectivity index (χ3n) is 2.99. The second-order valence-corrected chi connectivity index (χ2v) is 5.53. The lowest BCUT2D eigenvalue weighted by atomic mass is 10.3. The maximum absolute atomic E-state index is 4.57. The fourth-order valence-corrected chi connectivity index (χ4v) is 2.59. The van der Waals surface area contributed by atoms with Crippen LogP contribution >= 0.6 is 11.3 Å². The van der Waals surface area contributed by atoms with Gasteiger partial charge in [0.1, 0.15) is 0 Å². The minimum atomic E-state index is 0.885. The number of aliphatic imine (C=N–C) groups is 1. The van der Waals surface area contributed by atoms with Gasteiger partial charge in [-0.2, -0.15) is 0 Å². The summed E-state index contributed by atoms with van der Waals surface area (Å²) in [5, 5.41) is 6.77. The van der Waals surface area contributed by atoms with Gasteiger partial charge in [-0.1, -0.05) is 20.3 Å². The zero-order valence-corrected chi connectivity index (χ0v) is 13.4. The van der Waals surface area contributed by atoms with Crippen LogP contribution in [0.25, 0.3) is 0 Å². The van der Waals surface area contributed by atoms with E-state index in [1.807, 2.05) is 7.05 Å². The Balaban J connectivity index is 2.33. The summed E-state index contributed by atoms with van der Waals surface area (Å²) < 4.78 is 0. The van der Waals surface area contributed by atoms with E-state index in [1.165, 1.54) is 23.5 Å². The van der Waals surface area contributed by atoms with Crippen LogP contribution in [-0.2, 0) is 12.8 Å². The van der Waals surface area contributed by atoms with Gasteiger partial charge in [0, 0.05) is 39.0 Å². The van der Waals surface area contributed by atoms with Gasteiger partial charge < -0.3 is 10.2 Å². The molecular formula is C14H26N4S. The van der Waals surface area contributed by atoms with Gasteiger partial charge in [-0.3, -0.25) is 4.99 Å². The van der Waals surface area contributed by atoms with E-state index in [2.05, 4.69) is 46.5 Å². The molecule has 0 radical (unpaired) electrons. The average molecular weight is 282 g/mol. The van der Waals surface area contributed by atoms with Crippen molar-refractivity contribution in [2.24, 2.45) is 4.99 Å². The van der Waals surface area contributed by atoms with Crippen LogP contribution in [0.1, 0.15) is 37.4 Å². The first kappa shape index (κ1) is 16.0. The van der Waals surface area contributed by atoms with Crippen LogP contribution in [0.2, 0.25) is 0 Å². The quantitative estimate of drug-likeness (QED) is 0.617. The van der Waals surface area contributed by atoms with Crippen molar-refractivity contribution in [3.05, 3.63) is 16.1 Å². The summed E-state index contributed by atoms with van der Waals surface area (Å²) in [7, 11) is 3.92. The molecule has 0 saturated carbocycles. The number of hydrogen-bond donors (Lipinski definition) is 1. The molecule has 5 heteroatoms. The minimum absolute atomic E-state index is 0.885. The highest BCUT2D eigenvalue weighted by Crippen LogP contribution is 2.10. The van der Waals surface area contributed by atoms with Crippen molar-refractivity contribution in [1.82, 2.24) is 15.2 Å². The van der Waals surface area contributed by atoms with Crippen LogP contribution in [0.3, 0.4) is 0 Å². The van der Waals surface area contributed by atoms with Gasteiger partial charge >= 0.3 is 0 Å². The van der Waals surface area contributed by atoms with E-state index in [9.17, 15) is 0 Å². The van der Waals surface area contributed by atoms with Crippen LogP contribution < -0.4 is 5.32 Å². The first-order chi connectivity index (χ1) is 9.21. The predicted octanol–water partition coefficient (Wildman–Crippen LogP) is 2.56. The summed E-state index contributed by atoms with van der Waals surface area (Å²) in [6, 6.07) is 0. The fourth-order valence-electron chi connectivity index (χ4n) is 1.81. The van der Waals surface area contributed by atoms with Crippen molar-refractivity contribution in [1.29, 1.82) is 0 Å². The number of hydrogen-bond acceptors (Lipinski definition) is 3. The predicted molar refractivity (Wildman–Crippen MR) is 84.1 cm³/mol. The Kier molecular flexibility index (Phi) is 7.48. The number of unbranched alkanes of at least 4 members (excludes halogenated alkanes) is 1. The monoisotopic (exact) mass is 282 g/mol. The Morgan fingerprint density at radius 2 is 2.26 bits per heavy atom. The average Bonchev–Trinajstić information content (AvgIpc) is 2.89. The third-order valence-corrected chi connectivity index (χ3v) is 4.03. The van der Waals surface area contributed by atoms with Crippen molar-refractivity contribution in [3.63, 3.8) is 0 Å². The Labute approximate surface area is 121 Å². The van der Waals surface area contributed by atoms with Crippen molar-refractivity contribution in [2.45, 2.75) is 39.5 Å². The zero-order chi connectivity index (χ0) is 14.1. The zero-order valence-electron chi connectivity index (χ0n) is 12.6. The summed E-state index contributed by atoms with van der Waals surface area (Å²) in [5.41, 5.74) is 1.18. The molecule has 108 valence electrons. The molecule has 1 N–H and O–H groups in total. The number of aryl methyl sites for hydroxylation is 1. The summed E-state index contributed by atoms with van der Waals surface area (Å²) in [6.45, 7) is 6.28. The number of nitrogens with zero attached hydrogens (tertiary/aromatic N) is 3. The van der Waals surface area contributed by atoms with Gasteiger partial charge in [0.15, 0.2) is 5.96 Å². The van der Waals surface area contributed by atoms with Gasteiger partial charge in [-0.15, -0.1) is 11.3 Å². The molecule has 0 aromatic carbocycles. The van der Waals surface area contributed by atoms with Crippen LogP contribution in [0, 0.1) is 0 Å². The highest BCUT2D eigenvalue weighted by Gasteiger charge is 2.05. The lowest BCUT2D eigenvalue weighted by molar-refractivity contribution is 0.465.